The number of aromatic amines is 1. The Bertz CT molecular complexity index is 476. The molecule has 1 heterocycles. The van der Waals surface area contributed by atoms with E-state index < -0.39 is 0 Å². The fourth-order valence-electron chi connectivity index (χ4n) is 1.50. The van der Waals surface area contributed by atoms with E-state index in [9.17, 15) is 4.79 Å². The quantitative estimate of drug-likeness (QED) is 0.631. The number of nitrogens with zero attached hydrogens (tertiary/aromatic N) is 1. The van der Waals surface area contributed by atoms with Crippen LogP contribution in [0, 0.1) is 0 Å². The van der Waals surface area contributed by atoms with Crippen LogP contribution in [0.5, 0.6) is 0 Å². The molecule has 0 radical (unpaired) electrons. The number of para-hydroxylation sites is 2. The molecule has 0 saturated heterocycles. The molecule has 0 aliphatic carbocycles. The summed E-state index contributed by atoms with van der Waals surface area (Å²) in [7, 11) is 0. The van der Waals surface area contributed by atoms with E-state index in [1.807, 2.05) is 24.3 Å². The molecule has 0 saturated carbocycles. The van der Waals surface area contributed by atoms with Gasteiger partial charge in [0, 0.05) is 19.2 Å². The average molecular weight is 249 g/mol. The summed E-state index contributed by atoms with van der Waals surface area (Å²) in [6.07, 6.45) is 0.946. The second-order valence-corrected chi connectivity index (χ2v) is 4.83. The molecule has 0 aliphatic heterocycles. The standard InChI is InChI=1S/C12H15N3OS/c1-9(16)13-7-4-8-17-12-14-10-5-2-3-6-11(10)15-12/h2-3,5-6H,4,7-8H2,1H3,(H,13,16)(H,14,15). The fourth-order valence-corrected chi connectivity index (χ4v) is 2.33. The van der Waals surface area contributed by atoms with Gasteiger partial charge in [0.1, 0.15) is 0 Å². The van der Waals surface area contributed by atoms with Crippen LogP contribution in [-0.4, -0.2) is 28.2 Å². The van der Waals surface area contributed by atoms with Gasteiger partial charge in [-0.05, 0) is 18.6 Å². The Morgan fingerprint density at radius 3 is 3.06 bits per heavy atom. The predicted molar refractivity (Wildman–Crippen MR) is 70.1 cm³/mol. The lowest BCUT2D eigenvalue weighted by molar-refractivity contribution is -0.118. The predicted octanol–water partition coefficient (Wildman–Crippen LogP) is 2.18. The van der Waals surface area contributed by atoms with Crippen LogP contribution in [0.15, 0.2) is 29.4 Å². The first-order chi connectivity index (χ1) is 8.25. The minimum atomic E-state index is 0.0266. The van der Waals surface area contributed by atoms with Crippen molar-refractivity contribution in [3.63, 3.8) is 0 Å². The van der Waals surface area contributed by atoms with Gasteiger partial charge in [0.2, 0.25) is 5.91 Å². The van der Waals surface area contributed by atoms with Gasteiger partial charge >= 0.3 is 0 Å². The van der Waals surface area contributed by atoms with Crippen LogP contribution >= 0.6 is 11.8 Å². The Hall–Kier alpha value is -1.49. The third-order valence-corrected chi connectivity index (χ3v) is 3.26. The zero-order valence-electron chi connectivity index (χ0n) is 9.69. The van der Waals surface area contributed by atoms with Gasteiger partial charge in [-0.1, -0.05) is 23.9 Å². The molecule has 1 aromatic heterocycles. The Balaban J connectivity index is 1.81. The monoisotopic (exact) mass is 249 g/mol. The maximum atomic E-state index is 10.7. The summed E-state index contributed by atoms with van der Waals surface area (Å²) in [5.41, 5.74) is 2.06. The van der Waals surface area contributed by atoms with Crippen LogP contribution in [0.2, 0.25) is 0 Å². The van der Waals surface area contributed by atoms with Crippen molar-refractivity contribution in [1.29, 1.82) is 0 Å². The van der Waals surface area contributed by atoms with E-state index in [0.717, 1.165) is 34.9 Å². The van der Waals surface area contributed by atoms with Crippen molar-refractivity contribution < 1.29 is 4.79 Å². The number of rotatable bonds is 5. The van der Waals surface area contributed by atoms with Gasteiger partial charge in [-0.2, -0.15) is 0 Å². The second-order valence-electron chi connectivity index (χ2n) is 3.74. The minimum absolute atomic E-state index is 0.0266. The molecular formula is C12H15N3OS. The molecule has 17 heavy (non-hydrogen) atoms. The van der Waals surface area contributed by atoms with E-state index >= 15 is 0 Å². The summed E-state index contributed by atoms with van der Waals surface area (Å²) in [4.78, 5) is 18.4. The maximum Gasteiger partial charge on any atom is 0.216 e. The number of H-pyrrole nitrogens is 1. The van der Waals surface area contributed by atoms with Crippen molar-refractivity contribution in [3.8, 4) is 0 Å². The number of aromatic nitrogens is 2. The number of hydrogen-bond acceptors (Lipinski definition) is 3. The Kier molecular flexibility index (Phi) is 4.03. The summed E-state index contributed by atoms with van der Waals surface area (Å²) < 4.78 is 0. The number of hydrogen-bond donors (Lipinski definition) is 2. The smallest absolute Gasteiger partial charge is 0.216 e. The van der Waals surface area contributed by atoms with Gasteiger partial charge in [0.15, 0.2) is 5.16 Å². The molecule has 0 spiro atoms. The SMILES string of the molecule is CC(=O)NCCCSc1nc2ccccc2[nH]1. The lowest BCUT2D eigenvalue weighted by Crippen LogP contribution is -2.21. The molecule has 0 atom stereocenters. The highest BCUT2D eigenvalue weighted by atomic mass is 32.2. The van der Waals surface area contributed by atoms with Crippen LogP contribution < -0.4 is 5.32 Å². The topological polar surface area (TPSA) is 57.8 Å². The molecule has 0 fully saturated rings. The lowest BCUT2D eigenvalue weighted by Gasteiger charge is -2.00. The number of nitrogens with one attached hydrogen (secondary N) is 2. The fraction of sp³-hybridized carbons (Fsp3) is 0.333. The van der Waals surface area contributed by atoms with Crippen molar-refractivity contribution >= 4 is 28.7 Å². The Morgan fingerprint density at radius 1 is 1.47 bits per heavy atom. The number of carbonyl (C=O) groups is 1. The summed E-state index contributed by atoms with van der Waals surface area (Å²) in [6, 6.07) is 7.98. The van der Waals surface area contributed by atoms with Crippen LogP contribution in [0.1, 0.15) is 13.3 Å². The van der Waals surface area contributed by atoms with Crippen molar-refractivity contribution in [1.82, 2.24) is 15.3 Å². The minimum Gasteiger partial charge on any atom is -0.356 e. The molecule has 4 nitrogen and oxygen atoms in total. The summed E-state index contributed by atoms with van der Waals surface area (Å²) in [5, 5.41) is 3.71. The third-order valence-electron chi connectivity index (χ3n) is 2.30. The van der Waals surface area contributed by atoms with Crippen LogP contribution in [-0.2, 0) is 4.79 Å². The summed E-state index contributed by atoms with van der Waals surface area (Å²) in [6.45, 7) is 2.26. The van der Waals surface area contributed by atoms with Crippen molar-refractivity contribution in [2.45, 2.75) is 18.5 Å². The molecule has 0 unspecified atom stereocenters. The lowest BCUT2D eigenvalue weighted by atomic mass is 10.3. The molecular weight excluding hydrogens is 234 g/mol. The van der Waals surface area contributed by atoms with Crippen molar-refractivity contribution in [2.75, 3.05) is 12.3 Å². The van der Waals surface area contributed by atoms with Crippen LogP contribution in [0.25, 0.3) is 11.0 Å². The van der Waals surface area contributed by atoms with E-state index in [1.165, 1.54) is 6.92 Å². The third kappa shape index (κ3) is 3.49. The highest BCUT2D eigenvalue weighted by Gasteiger charge is 2.01. The molecule has 2 aromatic rings. The number of thioether (sulfide) groups is 1. The first-order valence-corrected chi connectivity index (χ1v) is 6.56. The number of amides is 1. The van der Waals surface area contributed by atoms with Gasteiger partial charge in [0.25, 0.3) is 0 Å². The zero-order chi connectivity index (χ0) is 12.1. The van der Waals surface area contributed by atoms with Crippen molar-refractivity contribution in [3.05, 3.63) is 24.3 Å². The number of fused-ring (bicyclic) bond motifs is 1. The number of imidazole rings is 1. The molecule has 2 rings (SSSR count). The average Bonchev–Trinajstić information content (AvgIpc) is 2.70. The molecule has 5 heteroatoms. The zero-order valence-corrected chi connectivity index (χ0v) is 10.5. The van der Waals surface area contributed by atoms with Gasteiger partial charge < -0.3 is 10.3 Å². The highest BCUT2D eigenvalue weighted by molar-refractivity contribution is 7.99. The molecule has 1 amide bonds. The van der Waals surface area contributed by atoms with Gasteiger partial charge in [-0.25, -0.2) is 4.98 Å². The molecule has 1 aromatic carbocycles. The van der Waals surface area contributed by atoms with Crippen LogP contribution in [0.3, 0.4) is 0 Å². The first-order valence-electron chi connectivity index (χ1n) is 5.58. The first kappa shape index (κ1) is 12.0. The molecule has 90 valence electrons. The van der Waals surface area contributed by atoms with E-state index in [2.05, 4.69) is 15.3 Å². The number of benzene rings is 1. The summed E-state index contributed by atoms with van der Waals surface area (Å²) in [5.74, 6) is 0.971. The van der Waals surface area contributed by atoms with E-state index in [-0.39, 0.29) is 5.91 Å². The van der Waals surface area contributed by atoms with Gasteiger partial charge in [-0.15, -0.1) is 0 Å². The second kappa shape index (κ2) is 5.72. The molecule has 2 N–H and O–H groups in total. The Morgan fingerprint density at radius 2 is 2.29 bits per heavy atom. The largest absolute Gasteiger partial charge is 0.356 e. The number of carbonyl (C=O) groups excluding carboxylic acids is 1. The van der Waals surface area contributed by atoms with Gasteiger partial charge in [-0.3, -0.25) is 4.79 Å². The van der Waals surface area contributed by atoms with E-state index in [4.69, 9.17) is 0 Å². The summed E-state index contributed by atoms with van der Waals surface area (Å²) >= 11 is 1.68. The normalized spacial score (nSPS) is 10.6. The van der Waals surface area contributed by atoms with Gasteiger partial charge in [0.05, 0.1) is 11.0 Å². The molecule has 0 bridgehead atoms. The van der Waals surface area contributed by atoms with E-state index in [1.54, 1.807) is 11.8 Å². The highest BCUT2D eigenvalue weighted by Crippen LogP contribution is 2.19. The van der Waals surface area contributed by atoms with Crippen molar-refractivity contribution in [2.24, 2.45) is 0 Å². The maximum absolute atomic E-state index is 10.7. The van der Waals surface area contributed by atoms with Crippen LogP contribution in [0.4, 0.5) is 0 Å². The van der Waals surface area contributed by atoms with E-state index in [0.29, 0.717) is 0 Å². The molecule has 0 aliphatic rings. The Labute approximate surface area is 104 Å².